The molecule has 0 bridgehead atoms. The van der Waals surface area contributed by atoms with Crippen molar-refractivity contribution in [2.75, 3.05) is 13.1 Å². The van der Waals surface area contributed by atoms with Crippen molar-refractivity contribution in [3.05, 3.63) is 34.5 Å². The lowest BCUT2D eigenvalue weighted by molar-refractivity contribution is 0.171. The van der Waals surface area contributed by atoms with E-state index in [-0.39, 0.29) is 0 Å². The predicted octanol–water partition coefficient (Wildman–Crippen LogP) is 4.41. The zero-order chi connectivity index (χ0) is 15.7. The Balaban J connectivity index is 1.77. The molecular weight excluding hydrogens is 290 g/mol. The SMILES string of the molecule is Cc1nc(-c2cccc(C3CCN(C(C)C)CC3)n2)sc1C. The highest BCUT2D eigenvalue weighted by Gasteiger charge is 2.23. The summed E-state index contributed by atoms with van der Waals surface area (Å²) in [5.41, 5.74) is 3.40. The molecule has 0 aliphatic carbocycles. The van der Waals surface area contributed by atoms with Gasteiger partial charge in [-0.2, -0.15) is 0 Å². The number of likely N-dealkylation sites (tertiary alicyclic amines) is 1. The molecule has 1 fully saturated rings. The Hall–Kier alpha value is -1.26. The van der Waals surface area contributed by atoms with Gasteiger partial charge >= 0.3 is 0 Å². The van der Waals surface area contributed by atoms with Gasteiger partial charge in [0.1, 0.15) is 5.01 Å². The van der Waals surface area contributed by atoms with Crippen LogP contribution in [0.2, 0.25) is 0 Å². The third-order valence-corrected chi connectivity index (χ3v) is 5.79. The molecular formula is C18H25N3S. The van der Waals surface area contributed by atoms with E-state index in [4.69, 9.17) is 4.98 Å². The first-order chi connectivity index (χ1) is 10.5. The second-order valence-corrected chi connectivity index (χ2v) is 7.72. The van der Waals surface area contributed by atoms with Gasteiger partial charge in [0.05, 0.1) is 11.4 Å². The number of rotatable bonds is 3. The van der Waals surface area contributed by atoms with Gasteiger partial charge in [0.2, 0.25) is 0 Å². The van der Waals surface area contributed by atoms with E-state index in [2.05, 4.69) is 55.8 Å². The first kappa shape index (κ1) is 15.6. The summed E-state index contributed by atoms with van der Waals surface area (Å²) in [5.74, 6) is 0.595. The maximum atomic E-state index is 4.92. The molecule has 3 rings (SSSR count). The van der Waals surface area contributed by atoms with Crippen LogP contribution in [0, 0.1) is 13.8 Å². The summed E-state index contributed by atoms with van der Waals surface area (Å²) in [7, 11) is 0. The standard InChI is InChI=1S/C18H25N3S/c1-12(2)21-10-8-15(9-11-21)16-6-5-7-17(20-16)18-19-13(3)14(4)22-18/h5-7,12,15H,8-11H2,1-4H3. The minimum atomic E-state index is 0.595. The topological polar surface area (TPSA) is 29.0 Å². The zero-order valence-corrected chi connectivity index (χ0v) is 14.8. The second-order valence-electron chi connectivity index (χ2n) is 6.51. The summed E-state index contributed by atoms with van der Waals surface area (Å²) in [4.78, 5) is 13.4. The van der Waals surface area contributed by atoms with Gasteiger partial charge in [-0.1, -0.05) is 6.07 Å². The van der Waals surface area contributed by atoms with Crippen molar-refractivity contribution in [3.8, 4) is 10.7 Å². The molecule has 0 amide bonds. The van der Waals surface area contributed by atoms with Gasteiger partial charge in [-0.05, 0) is 65.8 Å². The molecule has 1 aliphatic rings. The molecule has 2 aromatic heterocycles. The molecule has 1 aliphatic heterocycles. The summed E-state index contributed by atoms with van der Waals surface area (Å²) in [6.07, 6.45) is 2.43. The fourth-order valence-electron chi connectivity index (χ4n) is 3.09. The average Bonchev–Trinajstić information content (AvgIpc) is 2.87. The van der Waals surface area contributed by atoms with E-state index in [0.29, 0.717) is 12.0 Å². The smallest absolute Gasteiger partial charge is 0.142 e. The van der Waals surface area contributed by atoms with Crippen LogP contribution in [0.4, 0.5) is 0 Å². The van der Waals surface area contributed by atoms with Crippen molar-refractivity contribution < 1.29 is 0 Å². The van der Waals surface area contributed by atoms with E-state index in [1.54, 1.807) is 11.3 Å². The van der Waals surface area contributed by atoms with Crippen molar-refractivity contribution in [2.45, 2.75) is 52.5 Å². The fraction of sp³-hybridized carbons (Fsp3) is 0.556. The number of nitrogens with zero attached hydrogens (tertiary/aromatic N) is 3. The highest BCUT2D eigenvalue weighted by molar-refractivity contribution is 7.15. The van der Waals surface area contributed by atoms with Gasteiger partial charge in [0, 0.05) is 22.5 Å². The molecule has 0 unspecified atom stereocenters. The van der Waals surface area contributed by atoms with Crippen molar-refractivity contribution in [1.82, 2.24) is 14.9 Å². The summed E-state index contributed by atoms with van der Waals surface area (Å²) in [5, 5.41) is 1.05. The summed E-state index contributed by atoms with van der Waals surface area (Å²) < 4.78 is 0. The number of hydrogen-bond acceptors (Lipinski definition) is 4. The maximum absolute atomic E-state index is 4.92. The van der Waals surface area contributed by atoms with Gasteiger partial charge in [-0.25, -0.2) is 4.98 Å². The van der Waals surface area contributed by atoms with E-state index in [0.717, 1.165) is 16.4 Å². The molecule has 2 aromatic rings. The molecule has 118 valence electrons. The Morgan fingerprint density at radius 1 is 1.14 bits per heavy atom. The van der Waals surface area contributed by atoms with E-state index >= 15 is 0 Å². The van der Waals surface area contributed by atoms with Crippen LogP contribution in [-0.4, -0.2) is 34.0 Å². The molecule has 3 nitrogen and oxygen atoms in total. The van der Waals surface area contributed by atoms with Gasteiger partial charge < -0.3 is 4.90 Å². The van der Waals surface area contributed by atoms with Crippen molar-refractivity contribution in [1.29, 1.82) is 0 Å². The normalized spacial score (nSPS) is 17.3. The number of thiazole rings is 1. The summed E-state index contributed by atoms with van der Waals surface area (Å²) in [6.45, 7) is 11.1. The third-order valence-electron chi connectivity index (χ3n) is 4.70. The van der Waals surface area contributed by atoms with Gasteiger partial charge in [-0.3, -0.25) is 4.98 Å². The van der Waals surface area contributed by atoms with Crippen LogP contribution in [0.1, 0.15) is 48.9 Å². The molecule has 3 heterocycles. The van der Waals surface area contributed by atoms with Crippen LogP contribution in [0.5, 0.6) is 0 Å². The lowest BCUT2D eigenvalue weighted by Crippen LogP contribution is -2.38. The quantitative estimate of drug-likeness (QED) is 0.840. The minimum Gasteiger partial charge on any atom is -0.301 e. The van der Waals surface area contributed by atoms with Crippen LogP contribution in [0.15, 0.2) is 18.2 Å². The Morgan fingerprint density at radius 3 is 2.45 bits per heavy atom. The Kier molecular flexibility index (Phi) is 4.59. The van der Waals surface area contributed by atoms with Crippen LogP contribution in [0.3, 0.4) is 0 Å². The number of aromatic nitrogens is 2. The zero-order valence-electron chi connectivity index (χ0n) is 14.0. The first-order valence-corrected chi connectivity index (χ1v) is 9.01. The molecule has 4 heteroatoms. The molecule has 0 saturated carbocycles. The van der Waals surface area contributed by atoms with E-state index in [9.17, 15) is 0 Å². The van der Waals surface area contributed by atoms with Crippen LogP contribution in [-0.2, 0) is 0 Å². The van der Waals surface area contributed by atoms with E-state index < -0.39 is 0 Å². The van der Waals surface area contributed by atoms with Crippen LogP contribution >= 0.6 is 11.3 Å². The molecule has 22 heavy (non-hydrogen) atoms. The van der Waals surface area contributed by atoms with Gasteiger partial charge in [-0.15, -0.1) is 11.3 Å². The third kappa shape index (κ3) is 3.23. The lowest BCUT2D eigenvalue weighted by Gasteiger charge is -2.34. The number of piperidine rings is 1. The fourth-order valence-corrected chi connectivity index (χ4v) is 3.98. The summed E-state index contributed by atoms with van der Waals surface area (Å²) in [6, 6.07) is 7.07. The lowest BCUT2D eigenvalue weighted by atomic mass is 9.92. The number of hydrogen-bond donors (Lipinski definition) is 0. The van der Waals surface area contributed by atoms with Crippen molar-refractivity contribution in [2.24, 2.45) is 0 Å². The average molecular weight is 315 g/mol. The largest absolute Gasteiger partial charge is 0.301 e. The van der Waals surface area contributed by atoms with Crippen molar-refractivity contribution >= 4 is 11.3 Å². The highest BCUT2D eigenvalue weighted by atomic mass is 32.1. The van der Waals surface area contributed by atoms with E-state index in [1.165, 1.54) is 36.5 Å². The van der Waals surface area contributed by atoms with E-state index in [1.807, 2.05) is 0 Å². The molecule has 0 radical (unpaired) electrons. The van der Waals surface area contributed by atoms with Crippen molar-refractivity contribution in [3.63, 3.8) is 0 Å². The Labute approximate surface area is 137 Å². The Morgan fingerprint density at radius 2 is 1.86 bits per heavy atom. The van der Waals surface area contributed by atoms with Crippen LogP contribution in [0.25, 0.3) is 10.7 Å². The minimum absolute atomic E-state index is 0.595. The van der Waals surface area contributed by atoms with Gasteiger partial charge in [0.25, 0.3) is 0 Å². The molecule has 0 N–H and O–H groups in total. The Bertz CT molecular complexity index is 620. The second kappa shape index (κ2) is 6.47. The first-order valence-electron chi connectivity index (χ1n) is 8.20. The monoisotopic (exact) mass is 315 g/mol. The predicted molar refractivity (Wildman–Crippen MR) is 93.5 cm³/mol. The maximum Gasteiger partial charge on any atom is 0.142 e. The molecule has 0 atom stereocenters. The van der Waals surface area contributed by atoms with Gasteiger partial charge in [0.15, 0.2) is 0 Å². The van der Waals surface area contributed by atoms with Crippen LogP contribution < -0.4 is 0 Å². The molecule has 0 spiro atoms. The number of pyridine rings is 1. The highest BCUT2D eigenvalue weighted by Crippen LogP contribution is 2.31. The number of aryl methyl sites for hydroxylation is 2. The molecule has 1 saturated heterocycles. The molecule has 0 aromatic carbocycles. The summed E-state index contributed by atoms with van der Waals surface area (Å²) >= 11 is 1.75.